The van der Waals surface area contributed by atoms with Gasteiger partial charge in [0.05, 0.1) is 5.92 Å². The highest BCUT2D eigenvalue weighted by Gasteiger charge is 2.36. The van der Waals surface area contributed by atoms with E-state index >= 15 is 0 Å². The van der Waals surface area contributed by atoms with Crippen molar-refractivity contribution < 1.29 is 14.6 Å². The molecule has 0 amide bonds. The van der Waals surface area contributed by atoms with E-state index in [1.165, 1.54) is 11.1 Å². The zero-order chi connectivity index (χ0) is 14.2. The molecule has 0 bridgehead atoms. The molecule has 1 aliphatic rings. The fourth-order valence-corrected chi connectivity index (χ4v) is 2.67. The van der Waals surface area contributed by atoms with Crippen molar-refractivity contribution in [3.05, 3.63) is 29.3 Å². The maximum atomic E-state index is 11.4. The van der Waals surface area contributed by atoms with Gasteiger partial charge in [-0.3, -0.25) is 4.79 Å². The van der Waals surface area contributed by atoms with Crippen molar-refractivity contribution in [2.45, 2.75) is 46.6 Å². The van der Waals surface area contributed by atoms with Crippen molar-refractivity contribution in [1.29, 1.82) is 0 Å². The minimum atomic E-state index is -0.733. The van der Waals surface area contributed by atoms with Gasteiger partial charge >= 0.3 is 5.97 Å². The van der Waals surface area contributed by atoms with Crippen molar-refractivity contribution in [2.24, 2.45) is 11.3 Å². The quantitative estimate of drug-likeness (QED) is 0.907. The summed E-state index contributed by atoms with van der Waals surface area (Å²) in [4.78, 5) is 11.4. The predicted octanol–water partition coefficient (Wildman–Crippen LogP) is 3.44. The summed E-state index contributed by atoms with van der Waals surface area (Å²) in [6.07, 6.45) is 1.36. The molecule has 0 aromatic heterocycles. The lowest BCUT2D eigenvalue weighted by atomic mass is 9.77. The van der Waals surface area contributed by atoms with Crippen molar-refractivity contribution in [3.8, 4) is 5.75 Å². The lowest BCUT2D eigenvalue weighted by Crippen LogP contribution is -2.33. The fraction of sp³-hybridized carbons (Fsp3) is 0.562. The van der Waals surface area contributed by atoms with Gasteiger partial charge in [0.2, 0.25) is 0 Å². The van der Waals surface area contributed by atoms with Crippen molar-refractivity contribution in [1.82, 2.24) is 0 Å². The van der Waals surface area contributed by atoms with E-state index in [1.54, 1.807) is 0 Å². The lowest BCUT2D eigenvalue weighted by Gasteiger charge is -2.28. The molecular formula is C16H22O3. The zero-order valence-electron chi connectivity index (χ0n) is 12.1. The number of fused-ring (bicyclic) bond motifs is 1. The monoisotopic (exact) mass is 262 g/mol. The van der Waals surface area contributed by atoms with Crippen LogP contribution in [0, 0.1) is 18.3 Å². The summed E-state index contributed by atoms with van der Waals surface area (Å²) in [5.74, 6) is -0.204. The summed E-state index contributed by atoms with van der Waals surface area (Å²) in [5.41, 5.74) is 2.16. The first-order valence-electron chi connectivity index (χ1n) is 6.76. The van der Waals surface area contributed by atoms with Crippen LogP contribution in [-0.2, 0) is 11.2 Å². The Bertz CT molecular complexity index is 485. The van der Waals surface area contributed by atoms with E-state index in [9.17, 15) is 9.90 Å². The van der Waals surface area contributed by atoms with Crippen LogP contribution in [0.2, 0.25) is 0 Å². The molecule has 1 aliphatic heterocycles. The Labute approximate surface area is 114 Å². The molecule has 104 valence electrons. The normalized spacial score (nSPS) is 19.7. The summed E-state index contributed by atoms with van der Waals surface area (Å²) < 4.78 is 5.87. The Morgan fingerprint density at radius 2 is 2.16 bits per heavy atom. The van der Waals surface area contributed by atoms with Crippen LogP contribution in [0.4, 0.5) is 0 Å². The Balaban J connectivity index is 2.09. The first-order chi connectivity index (χ1) is 8.77. The first kappa shape index (κ1) is 13.9. The fourth-order valence-electron chi connectivity index (χ4n) is 2.67. The van der Waals surface area contributed by atoms with Crippen LogP contribution in [0.1, 0.15) is 38.3 Å². The maximum Gasteiger partial charge on any atom is 0.307 e. The molecular weight excluding hydrogens is 240 g/mol. The maximum absolute atomic E-state index is 11.4. The summed E-state index contributed by atoms with van der Waals surface area (Å²) in [6.45, 7) is 7.97. The second-order valence-corrected chi connectivity index (χ2v) is 6.55. The molecule has 0 fully saturated rings. The molecule has 2 rings (SSSR count). The van der Waals surface area contributed by atoms with Gasteiger partial charge in [-0.25, -0.2) is 0 Å². The largest absolute Gasteiger partial charge is 0.490 e. The number of carboxylic acid groups (broad SMARTS) is 1. The molecule has 1 heterocycles. The molecule has 3 heteroatoms. The van der Waals surface area contributed by atoms with Crippen LogP contribution in [0.25, 0.3) is 0 Å². The van der Waals surface area contributed by atoms with Gasteiger partial charge in [-0.2, -0.15) is 0 Å². The number of aliphatic carboxylic acids is 1. The SMILES string of the molecule is Cc1ccc2c(c1)CC(CC(C(=O)O)C(C)(C)C)O2. The standard InChI is InChI=1S/C16H22O3/c1-10-5-6-14-11(7-10)8-12(19-14)9-13(15(17)18)16(2,3)4/h5-7,12-13H,8-9H2,1-4H3,(H,17,18). The van der Waals surface area contributed by atoms with E-state index in [-0.39, 0.29) is 17.4 Å². The summed E-state index contributed by atoms with van der Waals surface area (Å²) in [5, 5.41) is 9.37. The van der Waals surface area contributed by atoms with Crippen LogP contribution in [0.3, 0.4) is 0 Å². The molecule has 0 radical (unpaired) electrons. The van der Waals surface area contributed by atoms with Crippen LogP contribution < -0.4 is 4.74 Å². The average molecular weight is 262 g/mol. The third-order valence-electron chi connectivity index (χ3n) is 3.80. The van der Waals surface area contributed by atoms with Crippen molar-refractivity contribution >= 4 is 5.97 Å². The number of hydrogen-bond acceptors (Lipinski definition) is 2. The second-order valence-electron chi connectivity index (χ2n) is 6.55. The molecule has 1 aromatic carbocycles. The Morgan fingerprint density at radius 3 is 2.74 bits per heavy atom. The van der Waals surface area contributed by atoms with Gasteiger partial charge in [-0.1, -0.05) is 38.5 Å². The minimum Gasteiger partial charge on any atom is -0.490 e. The van der Waals surface area contributed by atoms with Crippen LogP contribution in [0.15, 0.2) is 18.2 Å². The number of hydrogen-bond donors (Lipinski definition) is 1. The smallest absolute Gasteiger partial charge is 0.307 e. The first-order valence-corrected chi connectivity index (χ1v) is 6.76. The third kappa shape index (κ3) is 3.09. The zero-order valence-corrected chi connectivity index (χ0v) is 12.1. The van der Waals surface area contributed by atoms with E-state index in [4.69, 9.17) is 4.74 Å². The van der Waals surface area contributed by atoms with Crippen LogP contribution >= 0.6 is 0 Å². The number of aryl methyl sites for hydroxylation is 1. The average Bonchev–Trinajstić information content (AvgIpc) is 2.65. The van der Waals surface area contributed by atoms with Gasteiger partial charge in [-0.05, 0) is 30.4 Å². The van der Waals surface area contributed by atoms with Crippen LogP contribution in [0.5, 0.6) is 5.75 Å². The van der Waals surface area contributed by atoms with Gasteiger partial charge in [0.15, 0.2) is 0 Å². The highest BCUT2D eigenvalue weighted by molar-refractivity contribution is 5.71. The summed E-state index contributed by atoms with van der Waals surface area (Å²) >= 11 is 0. The number of ether oxygens (including phenoxy) is 1. The molecule has 1 aromatic rings. The van der Waals surface area contributed by atoms with Gasteiger partial charge in [0.25, 0.3) is 0 Å². The third-order valence-corrected chi connectivity index (χ3v) is 3.80. The van der Waals surface area contributed by atoms with Crippen LogP contribution in [-0.4, -0.2) is 17.2 Å². The highest BCUT2D eigenvalue weighted by atomic mass is 16.5. The topological polar surface area (TPSA) is 46.5 Å². The van der Waals surface area contributed by atoms with Crippen molar-refractivity contribution in [3.63, 3.8) is 0 Å². The molecule has 0 saturated carbocycles. The molecule has 2 unspecified atom stereocenters. The van der Waals surface area contributed by atoms with E-state index in [2.05, 4.69) is 13.0 Å². The van der Waals surface area contributed by atoms with E-state index in [0.717, 1.165) is 12.2 Å². The molecule has 0 aliphatic carbocycles. The van der Waals surface area contributed by atoms with Gasteiger partial charge in [-0.15, -0.1) is 0 Å². The van der Waals surface area contributed by atoms with Crippen molar-refractivity contribution in [2.75, 3.05) is 0 Å². The summed E-state index contributed by atoms with van der Waals surface area (Å²) in [6, 6.07) is 6.14. The van der Waals surface area contributed by atoms with E-state index in [0.29, 0.717) is 6.42 Å². The van der Waals surface area contributed by atoms with Gasteiger partial charge in [0, 0.05) is 6.42 Å². The second kappa shape index (κ2) is 4.87. The molecule has 1 N–H and O–H groups in total. The predicted molar refractivity (Wildman–Crippen MR) is 74.5 cm³/mol. The Morgan fingerprint density at radius 1 is 1.47 bits per heavy atom. The molecule has 19 heavy (non-hydrogen) atoms. The Hall–Kier alpha value is -1.51. The number of rotatable bonds is 3. The summed E-state index contributed by atoms with van der Waals surface area (Å²) in [7, 11) is 0. The molecule has 3 nitrogen and oxygen atoms in total. The van der Waals surface area contributed by atoms with Gasteiger partial charge in [0.1, 0.15) is 11.9 Å². The highest BCUT2D eigenvalue weighted by Crippen LogP contribution is 2.36. The molecule has 0 spiro atoms. The Kier molecular flexibility index (Phi) is 3.57. The van der Waals surface area contributed by atoms with Gasteiger partial charge < -0.3 is 9.84 Å². The number of benzene rings is 1. The number of carboxylic acids is 1. The van der Waals surface area contributed by atoms with E-state index < -0.39 is 5.97 Å². The number of carbonyl (C=O) groups is 1. The van der Waals surface area contributed by atoms with E-state index in [1.807, 2.05) is 32.9 Å². The molecule has 2 atom stereocenters. The lowest BCUT2D eigenvalue weighted by molar-refractivity contribution is -0.146. The minimum absolute atomic E-state index is 0.0166. The molecule has 0 saturated heterocycles.